The SMILES string of the molecule is Fc1ccc2nc(C3CCCCN3Cc3nnc(-c4ccco4)o3)[nH]c2c1. The number of H-pyrrole nitrogens is 1. The maximum Gasteiger partial charge on any atom is 0.283 e. The highest BCUT2D eigenvalue weighted by molar-refractivity contribution is 5.75. The van der Waals surface area contributed by atoms with Crippen LogP contribution in [0.1, 0.15) is 37.0 Å². The van der Waals surface area contributed by atoms with Crippen LogP contribution in [0, 0.1) is 5.82 Å². The molecule has 1 saturated heterocycles. The largest absolute Gasteiger partial charge is 0.459 e. The Morgan fingerprint density at radius 1 is 1.22 bits per heavy atom. The molecule has 1 atom stereocenters. The number of likely N-dealkylation sites (tertiary alicyclic amines) is 1. The van der Waals surface area contributed by atoms with E-state index >= 15 is 0 Å². The molecule has 5 rings (SSSR count). The monoisotopic (exact) mass is 367 g/mol. The number of fused-ring (bicyclic) bond motifs is 1. The number of halogens is 1. The highest BCUT2D eigenvalue weighted by atomic mass is 19.1. The van der Waals surface area contributed by atoms with Crippen LogP contribution in [0.3, 0.4) is 0 Å². The van der Waals surface area contributed by atoms with Crippen LogP contribution in [0.4, 0.5) is 4.39 Å². The van der Waals surface area contributed by atoms with Crippen molar-refractivity contribution in [3.05, 3.63) is 54.1 Å². The number of benzene rings is 1. The minimum atomic E-state index is -0.269. The van der Waals surface area contributed by atoms with Crippen molar-refractivity contribution < 1.29 is 13.2 Å². The Hall–Kier alpha value is -3.00. The van der Waals surface area contributed by atoms with E-state index in [4.69, 9.17) is 8.83 Å². The predicted octanol–water partition coefficient (Wildman–Crippen LogP) is 4.07. The quantitative estimate of drug-likeness (QED) is 0.585. The van der Waals surface area contributed by atoms with Crippen molar-refractivity contribution in [3.63, 3.8) is 0 Å². The van der Waals surface area contributed by atoms with Crippen LogP contribution >= 0.6 is 0 Å². The molecule has 1 aliphatic heterocycles. The Labute approximate surface area is 154 Å². The molecular formula is C19H18FN5O2. The van der Waals surface area contributed by atoms with Crippen molar-refractivity contribution in [3.8, 4) is 11.7 Å². The summed E-state index contributed by atoms with van der Waals surface area (Å²) in [7, 11) is 0. The lowest BCUT2D eigenvalue weighted by Crippen LogP contribution is -2.33. The third-order valence-corrected chi connectivity index (χ3v) is 4.93. The lowest BCUT2D eigenvalue weighted by molar-refractivity contribution is 0.122. The molecular weight excluding hydrogens is 349 g/mol. The number of hydrogen-bond donors (Lipinski definition) is 1. The third-order valence-electron chi connectivity index (χ3n) is 4.93. The number of furan rings is 1. The summed E-state index contributed by atoms with van der Waals surface area (Å²) in [5.74, 6) is 2.05. The zero-order valence-corrected chi connectivity index (χ0v) is 14.6. The van der Waals surface area contributed by atoms with Gasteiger partial charge in [0.15, 0.2) is 5.76 Å². The molecule has 0 bridgehead atoms. The summed E-state index contributed by atoms with van der Waals surface area (Å²) in [5, 5.41) is 8.21. The number of rotatable bonds is 4. The van der Waals surface area contributed by atoms with E-state index in [9.17, 15) is 4.39 Å². The summed E-state index contributed by atoms with van der Waals surface area (Å²) in [6, 6.07) is 8.28. The number of nitrogens with zero attached hydrogens (tertiary/aromatic N) is 4. The topological polar surface area (TPSA) is 84.0 Å². The van der Waals surface area contributed by atoms with Crippen LogP contribution in [-0.2, 0) is 6.54 Å². The Kier molecular flexibility index (Phi) is 3.97. The molecule has 1 fully saturated rings. The van der Waals surface area contributed by atoms with Crippen LogP contribution in [0.5, 0.6) is 0 Å². The van der Waals surface area contributed by atoms with Gasteiger partial charge in [-0.05, 0) is 49.7 Å². The van der Waals surface area contributed by atoms with Crippen LogP contribution in [0.25, 0.3) is 22.7 Å². The van der Waals surface area contributed by atoms with Gasteiger partial charge in [-0.2, -0.15) is 0 Å². The summed E-state index contributed by atoms with van der Waals surface area (Å²) in [6.07, 6.45) is 4.77. The third kappa shape index (κ3) is 3.12. The second-order valence-corrected chi connectivity index (χ2v) is 6.74. The normalized spacial score (nSPS) is 18.3. The molecule has 0 saturated carbocycles. The zero-order valence-electron chi connectivity index (χ0n) is 14.6. The molecule has 1 unspecified atom stereocenters. The minimum Gasteiger partial charge on any atom is -0.459 e. The summed E-state index contributed by atoms with van der Waals surface area (Å²) in [4.78, 5) is 10.2. The molecule has 138 valence electrons. The van der Waals surface area contributed by atoms with Gasteiger partial charge in [-0.1, -0.05) is 6.42 Å². The van der Waals surface area contributed by atoms with Crippen LogP contribution in [0.2, 0.25) is 0 Å². The van der Waals surface area contributed by atoms with Crippen LogP contribution in [0.15, 0.2) is 45.4 Å². The Morgan fingerprint density at radius 2 is 2.19 bits per heavy atom. The molecule has 1 aromatic carbocycles. The van der Waals surface area contributed by atoms with Gasteiger partial charge in [0.25, 0.3) is 5.89 Å². The first kappa shape index (κ1) is 16.2. The highest BCUT2D eigenvalue weighted by Crippen LogP contribution is 2.32. The maximum atomic E-state index is 13.5. The predicted molar refractivity (Wildman–Crippen MR) is 95.1 cm³/mol. The Bertz CT molecular complexity index is 1060. The van der Waals surface area contributed by atoms with Gasteiger partial charge in [-0.3, -0.25) is 4.90 Å². The summed E-state index contributed by atoms with van der Waals surface area (Å²) >= 11 is 0. The first-order chi connectivity index (χ1) is 13.3. The molecule has 0 spiro atoms. The van der Waals surface area contributed by atoms with E-state index in [0.717, 1.165) is 37.1 Å². The van der Waals surface area contributed by atoms with E-state index < -0.39 is 0 Å². The number of piperidine rings is 1. The van der Waals surface area contributed by atoms with E-state index in [-0.39, 0.29) is 11.9 Å². The molecule has 0 amide bonds. The van der Waals surface area contributed by atoms with Gasteiger partial charge in [0, 0.05) is 0 Å². The Balaban J connectivity index is 1.40. The van der Waals surface area contributed by atoms with Gasteiger partial charge < -0.3 is 13.8 Å². The van der Waals surface area contributed by atoms with Gasteiger partial charge >= 0.3 is 0 Å². The zero-order chi connectivity index (χ0) is 18.2. The van der Waals surface area contributed by atoms with Gasteiger partial charge in [0.2, 0.25) is 5.89 Å². The van der Waals surface area contributed by atoms with Gasteiger partial charge in [-0.15, -0.1) is 10.2 Å². The molecule has 0 aliphatic carbocycles. The molecule has 7 nitrogen and oxygen atoms in total. The smallest absolute Gasteiger partial charge is 0.283 e. The average molecular weight is 367 g/mol. The fourth-order valence-electron chi connectivity index (χ4n) is 3.64. The second-order valence-electron chi connectivity index (χ2n) is 6.74. The second kappa shape index (κ2) is 6.62. The lowest BCUT2D eigenvalue weighted by atomic mass is 10.0. The molecule has 27 heavy (non-hydrogen) atoms. The van der Waals surface area contributed by atoms with E-state index in [1.165, 1.54) is 12.1 Å². The number of imidazole rings is 1. The minimum absolute atomic E-state index is 0.105. The lowest BCUT2D eigenvalue weighted by Gasteiger charge is -2.33. The Morgan fingerprint density at radius 3 is 3.07 bits per heavy atom. The van der Waals surface area contributed by atoms with Crippen molar-refractivity contribution in [2.24, 2.45) is 0 Å². The fraction of sp³-hybridized carbons (Fsp3) is 0.316. The molecule has 1 N–H and O–H groups in total. The van der Waals surface area contributed by atoms with E-state index in [1.807, 2.05) is 0 Å². The molecule has 3 aromatic heterocycles. The number of hydrogen-bond acceptors (Lipinski definition) is 6. The van der Waals surface area contributed by atoms with E-state index in [1.54, 1.807) is 24.5 Å². The maximum absolute atomic E-state index is 13.5. The molecule has 1 aliphatic rings. The summed E-state index contributed by atoms with van der Waals surface area (Å²) in [5.41, 5.74) is 1.49. The number of nitrogens with one attached hydrogen (secondary N) is 1. The van der Waals surface area contributed by atoms with Crippen LogP contribution in [-0.4, -0.2) is 31.6 Å². The van der Waals surface area contributed by atoms with E-state index in [0.29, 0.717) is 29.6 Å². The van der Waals surface area contributed by atoms with Crippen molar-refractivity contribution >= 4 is 11.0 Å². The number of aromatic amines is 1. The van der Waals surface area contributed by atoms with Crippen molar-refractivity contribution in [1.82, 2.24) is 25.1 Å². The van der Waals surface area contributed by atoms with Gasteiger partial charge in [-0.25, -0.2) is 9.37 Å². The van der Waals surface area contributed by atoms with Crippen molar-refractivity contribution in [2.45, 2.75) is 31.8 Å². The summed E-state index contributed by atoms with van der Waals surface area (Å²) in [6.45, 7) is 1.44. The van der Waals surface area contributed by atoms with Gasteiger partial charge in [0.1, 0.15) is 11.6 Å². The standard InChI is InChI=1S/C19H18FN5O2/c20-12-6-7-13-14(10-12)22-18(21-13)15-4-1-2-8-25(15)11-17-23-24-19(27-17)16-5-3-9-26-16/h3,5-7,9-10,15H,1-2,4,8,11H2,(H,21,22). The molecule has 0 radical (unpaired) electrons. The summed E-state index contributed by atoms with van der Waals surface area (Å²) < 4.78 is 24.5. The fourth-order valence-corrected chi connectivity index (χ4v) is 3.64. The first-order valence-corrected chi connectivity index (χ1v) is 9.02. The molecule has 8 heteroatoms. The van der Waals surface area contributed by atoms with E-state index in [2.05, 4.69) is 25.1 Å². The number of aromatic nitrogens is 4. The highest BCUT2D eigenvalue weighted by Gasteiger charge is 2.28. The molecule has 4 heterocycles. The van der Waals surface area contributed by atoms with Crippen molar-refractivity contribution in [2.75, 3.05) is 6.54 Å². The van der Waals surface area contributed by atoms with Crippen LogP contribution < -0.4 is 0 Å². The average Bonchev–Trinajstić information content (AvgIpc) is 3.42. The molecule has 4 aromatic rings. The van der Waals surface area contributed by atoms with Crippen molar-refractivity contribution in [1.29, 1.82) is 0 Å². The van der Waals surface area contributed by atoms with Gasteiger partial charge in [0.05, 0.1) is 29.9 Å². The first-order valence-electron chi connectivity index (χ1n) is 9.02.